The third kappa shape index (κ3) is 3.48. The lowest BCUT2D eigenvalue weighted by atomic mass is 10.5. The van der Waals surface area contributed by atoms with Crippen molar-refractivity contribution in [1.29, 1.82) is 0 Å². The number of hydrogen-bond acceptors (Lipinski definition) is 4. The average molecular weight is 201 g/mol. The van der Waals surface area contributed by atoms with Crippen molar-refractivity contribution >= 4 is 14.9 Å². The molecule has 0 aliphatic carbocycles. The SMILES string of the molecule is NCc1cn(CCNC(=O)P)nn1. The molecule has 3 N–H and O–H groups in total. The molecule has 1 aromatic heterocycles. The van der Waals surface area contributed by atoms with Crippen LogP contribution in [0.5, 0.6) is 0 Å². The van der Waals surface area contributed by atoms with Crippen LogP contribution in [0.15, 0.2) is 6.20 Å². The van der Waals surface area contributed by atoms with Gasteiger partial charge in [-0.25, -0.2) is 0 Å². The van der Waals surface area contributed by atoms with Gasteiger partial charge in [0.1, 0.15) is 0 Å². The third-order valence-corrected chi connectivity index (χ3v) is 1.64. The Bertz CT molecular complexity index is 286. The van der Waals surface area contributed by atoms with Gasteiger partial charge in [-0.05, 0) is 9.24 Å². The zero-order valence-corrected chi connectivity index (χ0v) is 8.26. The van der Waals surface area contributed by atoms with Gasteiger partial charge in [0, 0.05) is 19.3 Å². The maximum atomic E-state index is 10.5. The first-order chi connectivity index (χ1) is 6.22. The summed E-state index contributed by atoms with van der Waals surface area (Å²) in [7, 11) is 2.04. The van der Waals surface area contributed by atoms with Crippen LogP contribution in [0.4, 0.5) is 4.79 Å². The van der Waals surface area contributed by atoms with Crippen LogP contribution in [0, 0.1) is 0 Å². The minimum absolute atomic E-state index is 0.126. The van der Waals surface area contributed by atoms with Gasteiger partial charge in [0.15, 0.2) is 0 Å². The van der Waals surface area contributed by atoms with Crippen LogP contribution in [0.2, 0.25) is 0 Å². The highest BCUT2D eigenvalue weighted by Crippen LogP contribution is 1.90. The molecule has 0 saturated carbocycles. The minimum atomic E-state index is -0.126. The highest BCUT2D eigenvalue weighted by atomic mass is 31.0. The fraction of sp³-hybridized carbons (Fsp3) is 0.500. The fourth-order valence-electron chi connectivity index (χ4n) is 0.835. The van der Waals surface area contributed by atoms with Gasteiger partial charge in [-0.2, -0.15) is 0 Å². The maximum Gasteiger partial charge on any atom is 0.234 e. The van der Waals surface area contributed by atoms with Crippen molar-refractivity contribution in [2.24, 2.45) is 5.73 Å². The van der Waals surface area contributed by atoms with Gasteiger partial charge in [0.2, 0.25) is 5.65 Å². The van der Waals surface area contributed by atoms with Crippen LogP contribution in [0.1, 0.15) is 5.69 Å². The number of carbonyl (C=O) groups is 1. The van der Waals surface area contributed by atoms with Crippen molar-refractivity contribution in [2.45, 2.75) is 13.1 Å². The highest BCUT2D eigenvalue weighted by Gasteiger charge is 1.97. The Hall–Kier alpha value is -1.00. The number of nitrogens with one attached hydrogen (secondary N) is 1. The Balaban J connectivity index is 2.32. The predicted octanol–water partition coefficient (Wildman–Crippen LogP) is -0.679. The van der Waals surface area contributed by atoms with Gasteiger partial charge in [-0.3, -0.25) is 9.48 Å². The fourth-order valence-corrected chi connectivity index (χ4v) is 0.979. The molecule has 0 saturated heterocycles. The zero-order chi connectivity index (χ0) is 9.68. The van der Waals surface area contributed by atoms with Crippen molar-refractivity contribution < 1.29 is 4.79 Å². The molecule has 72 valence electrons. The van der Waals surface area contributed by atoms with Crippen molar-refractivity contribution in [2.75, 3.05) is 6.54 Å². The molecule has 1 rings (SSSR count). The van der Waals surface area contributed by atoms with Gasteiger partial charge in [-0.1, -0.05) is 5.21 Å². The van der Waals surface area contributed by atoms with Gasteiger partial charge >= 0.3 is 0 Å². The van der Waals surface area contributed by atoms with Crippen LogP contribution < -0.4 is 11.1 Å². The second kappa shape index (κ2) is 4.89. The summed E-state index contributed by atoms with van der Waals surface area (Å²) in [6, 6.07) is 0. The summed E-state index contributed by atoms with van der Waals surface area (Å²) < 4.78 is 1.64. The van der Waals surface area contributed by atoms with Crippen molar-refractivity contribution in [1.82, 2.24) is 20.3 Å². The molecule has 6 nitrogen and oxygen atoms in total. The summed E-state index contributed by atoms with van der Waals surface area (Å²) in [5.41, 5.74) is 5.97. The van der Waals surface area contributed by atoms with Crippen molar-refractivity contribution in [3.8, 4) is 0 Å². The molecule has 0 aromatic carbocycles. The summed E-state index contributed by atoms with van der Waals surface area (Å²) in [4.78, 5) is 10.5. The largest absolute Gasteiger partial charge is 0.351 e. The summed E-state index contributed by atoms with van der Waals surface area (Å²) in [6.45, 7) is 1.53. The van der Waals surface area contributed by atoms with Crippen molar-refractivity contribution in [3.63, 3.8) is 0 Å². The van der Waals surface area contributed by atoms with Gasteiger partial charge in [0.25, 0.3) is 0 Å². The molecule has 0 spiro atoms. The van der Waals surface area contributed by atoms with Crippen LogP contribution in [-0.4, -0.2) is 27.2 Å². The lowest BCUT2D eigenvalue weighted by Crippen LogP contribution is -2.21. The molecule has 1 unspecified atom stereocenters. The summed E-state index contributed by atoms with van der Waals surface area (Å²) in [5.74, 6) is 0. The molecule has 1 heterocycles. The van der Waals surface area contributed by atoms with E-state index in [2.05, 4.69) is 15.6 Å². The van der Waals surface area contributed by atoms with E-state index >= 15 is 0 Å². The smallest absolute Gasteiger partial charge is 0.234 e. The minimum Gasteiger partial charge on any atom is -0.351 e. The number of amides is 1. The normalized spacial score (nSPS) is 10.0. The van der Waals surface area contributed by atoms with E-state index in [1.165, 1.54) is 0 Å². The first kappa shape index (κ1) is 10.1. The van der Waals surface area contributed by atoms with E-state index in [9.17, 15) is 4.79 Å². The monoisotopic (exact) mass is 201 g/mol. The molecule has 7 heteroatoms. The zero-order valence-electron chi connectivity index (χ0n) is 7.10. The second-order valence-electron chi connectivity index (χ2n) is 2.47. The first-order valence-corrected chi connectivity index (χ1v) is 4.42. The topological polar surface area (TPSA) is 85.8 Å². The van der Waals surface area contributed by atoms with E-state index < -0.39 is 0 Å². The number of nitrogens with zero attached hydrogens (tertiary/aromatic N) is 3. The van der Waals surface area contributed by atoms with Crippen LogP contribution in [0.3, 0.4) is 0 Å². The van der Waals surface area contributed by atoms with Crippen LogP contribution in [0.25, 0.3) is 0 Å². The summed E-state index contributed by atoms with van der Waals surface area (Å²) in [5, 5.41) is 10.2. The first-order valence-electron chi connectivity index (χ1n) is 3.84. The number of hydrogen-bond donors (Lipinski definition) is 2. The Morgan fingerprint density at radius 2 is 2.54 bits per heavy atom. The van der Waals surface area contributed by atoms with Crippen molar-refractivity contribution in [3.05, 3.63) is 11.9 Å². The number of rotatable bonds is 4. The summed E-state index contributed by atoms with van der Waals surface area (Å²) >= 11 is 0. The number of nitrogens with two attached hydrogens (primary N) is 1. The average Bonchev–Trinajstić information content (AvgIpc) is 2.52. The Morgan fingerprint density at radius 3 is 3.08 bits per heavy atom. The Kier molecular flexibility index (Phi) is 3.79. The van der Waals surface area contributed by atoms with E-state index in [-0.39, 0.29) is 5.65 Å². The lowest BCUT2D eigenvalue weighted by molar-refractivity contribution is 0.260. The molecule has 1 amide bonds. The Labute approximate surface area is 78.1 Å². The number of aromatic nitrogens is 3. The predicted molar refractivity (Wildman–Crippen MR) is 51.0 cm³/mol. The lowest BCUT2D eigenvalue weighted by Gasteiger charge is -2.00. The van der Waals surface area contributed by atoms with Crippen LogP contribution in [-0.2, 0) is 13.1 Å². The van der Waals surface area contributed by atoms with Crippen LogP contribution >= 0.6 is 9.24 Å². The molecule has 0 bridgehead atoms. The summed E-state index contributed by atoms with van der Waals surface area (Å²) in [6.07, 6.45) is 1.76. The molecule has 0 aliphatic rings. The molecule has 1 atom stereocenters. The van der Waals surface area contributed by atoms with E-state index in [1.54, 1.807) is 10.9 Å². The van der Waals surface area contributed by atoms with E-state index in [0.29, 0.717) is 19.6 Å². The maximum absolute atomic E-state index is 10.5. The molecule has 0 radical (unpaired) electrons. The van der Waals surface area contributed by atoms with Gasteiger partial charge in [-0.15, -0.1) is 5.10 Å². The van der Waals surface area contributed by atoms with Gasteiger partial charge < -0.3 is 11.1 Å². The molecular weight excluding hydrogens is 189 g/mol. The molecule has 0 fully saturated rings. The molecule has 1 aromatic rings. The molecule has 0 aliphatic heterocycles. The standard InChI is InChI=1S/C6H12N5OP/c7-3-5-4-11(10-9-5)2-1-8-6(12)13/h4H,1-3,7,13H2,(H,8,12). The number of carbonyl (C=O) groups excluding carboxylic acids is 1. The van der Waals surface area contributed by atoms with Gasteiger partial charge in [0.05, 0.1) is 12.2 Å². The Morgan fingerprint density at radius 1 is 1.77 bits per heavy atom. The van der Waals surface area contributed by atoms with E-state index in [4.69, 9.17) is 5.73 Å². The molecule has 13 heavy (non-hydrogen) atoms. The third-order valence-electron chi connectivity index (χ3n) is 1.44. The quantitative estimate of drug-likeness (QED) is 0.632. The second-order valence-corrected chi connectivity index (χ2v) is 2.99. The molecular formula is C6H12N5OP. The highest BCUT2D eigenvalue weighted by molar-refractivity contribution is 7.39. The van der Waals surface area contributed by atoms with E-state index in [1.807, 2.05) is 9.24 Å². The van der Waals surface area contributed by atoms with E-state index in [0.717, 1.165) is 5.69 Å².